The summed E-state index contributed by atoms with van der Waals surface area (Å²) in [5.41, 5.74) is 11.4. The minimum atomic E-state index is -1.34. The van der Waals surface area contributed by atoms with Gasteiger partial charge in [-0.1, -0.05) is 81.2 Å². The van der Waals surface area contributed by atoms with E-state index in [1.54, 1.807) is 6.07 Å². The van der Waals surface area contributed by atoms with E-state index in [1.165, 1.54) is 27.9 Å². The summed E-state index contributed by atoms with van der Waals surface area (Å²) in [6.07, 6.45) is 3.24. The van der Waals surface area contributed by atoms with E-state index < -0.39 is 14.0 Å². The molecule has 4 heterocycles. The molecule has 0 fully saturated rings. The fraction of sp³-hybridized carbons (Fsp3) is 0.222. The molecular formula is C45H43FIrN4OSi-2. The summed E-state index contributed by atoms with van der Waals surface area (Å²) in [6, 6.07) is 36.5. The largest absolute Gasteiger partial charge is 0.486 e. The van der Waals surface area contributed by atoms with E-state index >= 15 is 0 Å². The van der Waals surface area contributed by atoms with Gasteiger partial charge >= 0.3 is 0 Å². The number of aryl methyl sites for hydroxylation is 3. The van der Waals surface area contributed by atoms with Crippen molar-refractivity contribution < 1.29 is 28.9 Å². The Balaban J connectivity index is 0.000000199. The molecule has 271 valence electrons. The van der Waals surface area contributed by atoms with E-state index in [0.29, 0.717) is 11.5 Å². The maximum absolute atomic E-state index is 13.8. The van der Waals surface area contributed by atoms with Gasteiger partial charge in [-0.25, -0.2) is 0 Å². The minimum absolute atomic E-state index is 0. The Morgan fingerprint density at radius 3 is 2.30 bits per heavy atom. The molecule has 0 saturated heterocycles. The zero-order valence-electron chi connectivity index (χ0n) is 31.4. The van der Waals surface area contributed by atoms with Gasteiger partial charge in [-0.2, -0.15) is 9.37 Å². The molecule has 8 heteroatoms. The standard InChI is InChI=1S/C27H19FN3O.C18H24NSi.Ir/c1-15-12-16(2)14-18(13-15)31-22-7-5-4-6-21(22)29-26(31)20-9-8-17(3)24-19-10-11-23(28)30-27(19)32-25(20)24;1-14(2)11-16-12-17(15-9-7-6-8-10-15)19-13-18(16)20(3,4)5;/h4-8,10-14H,1-3H3;6-9,12-14H,11H2,1-5H3;/q2*-1;. The third-order valence-electron chi connectivity index (χ3n) is 9.24. The van der Waals surface area contributed by atoms with Gasteiger partial charge in [0.25, 0.3) is 0 Å². The third-order valence-corrected chi connectivity index (χ3v) is 11.3. The van der Waals surface area contributed by atoms with Crippen molar-refractivity contribution >= 4 is 46.4 Å². The maximum Gasteiger partial charge on any atom is 0.218 e. The van der Waals surface area contributed by atoms with E-state index in [9.17, 15) is 4.39 Å². The summed E-state index contributed by atoms with van der Waals surface area (Å²) >= 11 is 0. The van der Waals surface area contributed by atoms with Crippen molar-refractivity contribution in [3.8, 4) is 28.3 Å². The normalized spacial score (nSPS) is 11.6. The smallest absolute Gasteiger partial charge is 0.218 e. The van der Waals surface area contributed by atoms with Gasteiger partial charge in [0.2, 0.25) is 11.7 Å². The molecule has 0 atom stereocenters. The number of aromatic nitrogens is 4. The van der Waals surface area contributed by atoms with E-state index in [0.717, 1.165) is 62.1 Å². The van der Waals surface area contributed by atoms with Gasteiger partial charge in [0.05, 0.1) is 30.5 Å². The molecule has 0 aliphatic heterocycles. The fourth-order valence-electron chi connectivity index (χ4n) is 7.02. The number of benzene rings is 4. The van der Waals surface area contributed by atoms with Crippen LogP contribution in [-0.2, 0) is 26.5 Å². The Labute approximate surface area is 325 Å². The first-order valence-electron chi connectivity index (χ1n) is 17.8. The van der Waals surface area contributed by atoms with Gasteiger partial charge in [-0.05, 0) is 84.6 Å². The predicted octanol–water partition coefficient (Wildman–Crippen LogP) is 11.1. The first-order valence-corrected chi connectivity index (χ1v) is 21.3. The average Bonchev–Trinajstić information content (AvgIpc) is 3.67. The molecule has 0 aliphatic carbocycles. The zero-order chi connectivity index (χ0) is 36.7. The molecule has 0 N–H and O–H groups in total. The average molecular weight is 895 g/mol. The molecule has 4 aromatic carbocycles. The Bertz CT molecular complexity index is 2550. The van der Waals surface area contributed by atoms with Crippen LogP contribution in [0.1, 0.15) is 36.1 Å². The van der Waals surface area contributed by atoms with E-state index in [-0.39, 0.29) is 25.8 Å². The number of rotatable bonds is 6. The number of nitrogens with zero attached hydrogens (tertiary/aromatic N) is 4. The Kier molecular flexibility index (Phi) is 11.0. The quantitative estimate of drug-likeness (QED) is 0.0948. The molecule has 0 aliphatic rings. The molecular weight excluding hydrogens is 852 g/mol. The maximum atomic E-state index is 13.8. The van der Waals surface area contributed by atoms with Gasteiger partial charge in [0, 0.05) is 37.4 Å². The second-order valence-electron chi connectivity index (χ2n) is 15.1. The van der Waals surface area contributed by atoms with Crippen LogP contribution in [0.4, 0.5) is 4.39 Å². The molecule has 0 saturated carbocycles. The molecule has 1 radical (unpaired) electrons. The van der Waals surface area contributed by atoms with Crippen molar-refractivity contribution in [2.45, 2.75) is 60.7 Å². The van der Waals surface area contributed by atoms with E-state index in [4.69, 9.17) is 9.40 Å². The number of pyridine rings is 2. The molecule has 0 bridgehead atoms. The number of imidazole rings is 1. The molecule has 53 heavy (non-hydrogen) atoms. The summed E-state index contributed by atoms with van der Waals surface area (Å²) < 4.78 is 22.0. The van der Waals surface area contributed by atoms with Gasteiger partial charge in [0.1, 0.15) is 0 Å². The van der Waals surface area contributed by atoms with Crippen LogP contribution in [0, 0.1) is 44.8 Å². The first-order chi connectivity index (χ1) is 24.9. The van der Waals surface area contributed by atoms with Crippen LogP contribution in [0.15, 0.2) is 102 Å². The van der Waals surface area contributed by atoms with Crippen LogP contribution in [0.25, 0.3) is 61.4 Å². The summed E-state index contributed by atoms with van der Waals surface area (Å²) in [5, 5.41) is 3.18. The molecule has 0 unspecified atom stereocenters. The van der Waals surface area contributed by atoms with E-state index in [2.05, 4.69) is 117 Å². The monoisotopic (exact) mass is 895 g/mol. The molecule has 0 spiro atoms. The minimum Gasteiger partial charge on any atom is -0.486 e. The van der Waals surface area contributed by atoms with Crippen molar-refractivity contribution in [2.24, 2.45) is 5.92 Å². The number of halogens is 1. The number of para-hydroxylation sites is 2. The van der Waals surface area contributed by atoms with Crippen molar-refractivity contribution in [3.63, 3.8) is 0 Å². The van der Waals surface area contributed by atoms with Gasteiger partial charge < -0.3 is 14.0 Å². The summed E-state index contributed by atoms with van der Waals surface area (Å²) in [6.45, 7) is 17.9. The van der Waals surface area contributed by atoms with Crippen LogP contribution in [0.2, 0.25) is 19.6 Å². The predicted molar refractivity (Wildman–Crippen MR) is 215 cm³/mol. The van der Waals surface area contributed by atoms with Crippen molar-refractivity contribution in [2.75, 3.05) is 0 Å². The molecule has 5 nitrogen and oxygen atoms in total. The molecule has 4 aromatic heterocycles. The second-order valence-corrected chi connectivity index (χ2v) is 20.1. The van der Waals surface area contributed by atoms with Crippen molar-refractivity contribution in [3.05, 3.63) is 138 Å². The van der Waals surface area contributed by atoms with Crippen LogP contribution in [-0.4, -0.2) is 27.6 Å². The van der Waals surface area contributed by atoms with Crippen LogP contribution >= 0.6 is 0 Å². The number of fused-ring (bicyclic) bond motifs is 4. The topological polar surface area (TPSA) is 56.7 Å². The zero-order valence-corrected chi connectivity index (χ0v) is 34.8. The fourth-order valence-corrected chi connectivity index (χ4v) is 8.61. The number of furan rings is 1. The second kappa shape index (κ2) is 15.3. The molecule has 8 aromatic rings. The summed E-state index contributed by atoms with van der Waals surface area (Å²) in [4.78, 5) is 13.6. The van der Waals surface area contributed by atoms with Crippen LogP contribution in [0.3, 0.4) is 0 Å². The summed E-state index contributed by atoms with van der Waals surface area (Å²) in [5.74, 6) is 0.822. The first kappa shape index (κ1) is 38.0. The molecule has 8 rings (SSSR count). The van der Waals surface area contributed by atoms with Crippen LogP contribution < -0.4 is 5.19 Å². The van der Waals surface area contributed by atoms with Crippen molar-refractivity contribution in [1.82, 2.24) is 19.5 Å². The summed E-state index contributed by atoms with van der Waals surface area (Å²) in [7, 11) is -1.34. The Morgan fingerprint density at radius 2 is 1.60 bits per heavy atom. The van der Waals surface area contributed by atoms with Gasteiger partial charge in [-0.15, -0.1) is 53.6 Å². The number of hydrogen-bond donors (Lipinski definition) is 0. The third kappa shape index (κ3) is 7.82. The Hall–Kier alpha value is -4.75. The van der Waals surface area contributed by atoms with Crippen molar-refractivity contribution in [1.29, 1.82) is 0 Å². The van der Waals surface area contributed by atoms with E-state index in [1.807, 2.05) is 49.4 Å². The number of hydrogen-bond acceptors (Lipinski definition) is 4. The molecule has 0 amide bonds. The van der Waals surface area contributed by atoms with Gasteiger partial charge in [-0.3, -0.25) is 4.98 Å². The SMILES string of the molecule is CC(C)Cc1cc(-c2[c-]cccc2)ncc1[Si](C)(C)C.Cc1cc(C)cc(-n2c(-c3[c-]cc(C)c4c3oc3nc(F)ccc34)nc3ccccc32)c1.[Ir]. The van der Waals surface area contributed by atoms with Gasteiger partial charge in [0.15, 0.2) is 0 Å². The Morgan fingerprint density at radius 1 is 0.868 bits per heavy atom. The van der Waals surface area contributed by atoms with Crippen LogP contribution in [0.5, 0.6) is 0 Å².